The van der Waals surface area contributed by atoms with E-state index in [0.29, 0.717) is 22.7 Å². The summed E-state index contributed by atoms with van der Waals surface area (Å²) >= 11 is 1.32. The van der Waals surface area contributed by atoms with E-state index < -0.39 is 10.0 Å². The van der Waals surface area contributed by atoms with Gasteiger partial charge in [0.25, 0.3) is 10.0 Å². The first-order valence-electron chi connectivity index (χ1n) is 6.60. The van der Waals surface area contributed by atoms with Crippen LogP contribution < -0.4 is 4.31 Å². The van der Waals surface area contributed by atoms with Gasteiger partial charge in [0.1, 0.15) is 5.76 Å². The van der Waals surface area contributed by atoms with Gasteiger partial charge in [-0.15, -0.1) is 0 Å². The van der Waals surface area contributed by atoms with Crippen molar-refractivity contribution in [1.82, 2.24) is 0 Å². The highest BCUT2D eigenvalue weighted by Gasteiger charge is 2.24. The van der Waals surface area contributed by atoms with Crippen LogP contribution in [0.3, 0.4) is 0 Å². The van der Waals surface area contributed by atoms with E-state index in [4.69, 9.17) is 11.0 Å². The van der Waals surface area contributed by atoms with E-state index in [1.807, 2.05) is 0 Å². The highest BCUT2D eigenvalue weighted by Crippen LogP contribution is 2.36. The van der Waals surface area contributed by atoms with Gasteiger partial charge in [-0.1, -0.05) is 6.07 Å². The molecule has 1 aromatic carbocycles. The molecular formula is C16H12N2O3S2. The average Bonchev–Trinajstić information content (AvgIpc) is 3.26. The fourth-order valence-electron chi connectivity index (χ4n) is 2.18. The summed E-state index contributed by atoms with van der Waals surface area (Å²) in [5, 5.41) is 3.31. The molecule has 0 bridgehead atoms. The third kappa shape index (κ3) is 2.74. The number of thiophene rings is 1. The van der Waals surface area contributed by atoms with Crippen LogP contribution in [-0.2, 0) is 10.0 Å². The molecule has 2 heterocycles. The summed E-state index contributed by atoms with van der Waals surface area (Å²) in [5.74, 6) is 0.512. The summed E-state index contributed by atoms with van der Waals surface area (Å²) in [4.78, 5) is 3.64. The van der Waals surface area contributed by atoms with Gasteiger partial charge >= 0.3 is 0 Å². The minimum atomic E-state index is -3.66. The molecule has 2 aromatic heterocycles. The van der Waals surface area contributed by atoms with Crippen molar-refractivity contribution < 1.29 is 12.8 Å². The van der Waals surface area contributed by atoms with Crippen LogP contribution in [0, 0.1) is 6.57 Å². The Morgan fingerprint density at radius 1 is 1.26 bits per heavy atom. The zero-order valence-electron chi connectivity index (χ0n) is 12.1. The fraction of sp³-hybridized carbons (Fsp3) is 0.0625. The first kappa shape index (κ1) is 15.3. The van der Waals surface area contributed by atoms with Crippen molar-refractivity contribution in [3.8, 4) is 11.3 Å². The van der Waals surface area contributed by atoms with Crippen molar-refractivity contribution in [3.63, 3.8) is 0 Å². The van der Waals surface area contributed by atoms with Gasteiger partial charge in [0.2, 0.25) is 0 Å². The zero-order chi connectivity index (χ0) is 16.4. The summed E-state index contributed by atoms with van der Waals surface area (Å²) < 4.78 is 32.0. The predicted molar refractivity (Wildman–Crippen MR) is 90.3 cm³/mol. The second-order valence-electron chi connectivity index (χ2n) is 4.72. The Labute approximate surface area is 138 Å². The summed E-state index contributed by atoms with van der Waals surface area (Å²) in [5.41, 5.74) is 1.44. The molecule has 7 heteroatoms. The lowest BCUT2D eigenvalue weighted by molar-refractivity contribution is 0.582. The van der Waals surface area contributed by atoms with E-state index in [-0.39, 0.29) is 4.90 Å². The van der Waals surface area contributed by atoms with Crippen LogP contribution in [0.4, 0.5) is 11.4 Å². The third-order valence-electron chi connectivity index (χ3n) is 3.39. The molecular weight excluding hydrogens is 332 g/mol. The Kier molecular flexibility index (Phi) is 3.94. The first-order valence-corrected chi connectivity index (χ1v) is 8.99. The highest BCUT2D eigenvalue weighted by molar-refractivity contribution is 7.93. The minimum Gasteiger partial charge on any atom is -0.464 e. The summed E-state index contributed by atoms with van der Waals surface area (Å²) in [7, 11) is -2.16. The number of hydrogen-bond donors (Lipinski definition) is 0. The number of anilines is 1. The normalized spacial score (nSPS) is 11.1. The predicted octanol–water partition coefficient (Wildman–Crippen LogP) is 4.38. The standard InChI is InChI=1S/C16H12N2O3S2/c1-17-12-5-6-15(14(10-12)16-4-3-8-21-16)18(2)23(19,20)13-7-9-22-11-13/h3-11H,2H3. The molecule has 0 aliphatic heterocycles. The molecule has 0 saturated heterocycles. The molecule has 0 spiro atoms. The monoisotopic (exact) mass is 344 g/mol. The molecule has 0 fully saturated rings. The molecule has 116 valence electrons. The first-order chi connectivity index (χ1) is 11.0. The number of furan rings is 1. The van der Waals surface area contributed by atoms with Crippen LogP contribution in [-0.4, -0.2) is 15.5 Å². The van der Waals surface area contributed by atoms with Gasteiger partial charge in [0.05, 0.1) is 23.4 Å². The average molecular weight is 344 g/mol. The van der Waals surface area contributed by atoms with Crippen LogP contribution in [0.25, 0.3) is 16.2 Å². The Morgan fingerprint density at radius 2 is 2.09 bits per heavy atom. The molecule has 0 aliphatic carbocycles. The number of rotatable bonds is 4. The van der Waals surface area contributed by atoms with E-state index in [0.717, 1.165) is 0 Å². The number of nitrogens with zero attached hydrogens (tertiary/aromatic N) is 2. The molecule has 0 saturated carbocycles. The number of benzene rings is 1. The molecule has 0 N–H and O–H groups in total. The molecule has 0 radical (unpaired) electrons. The van der Waals surface area contributed by atoms with Gasteiger partial charge in [-0.05, 0) is 35.7 Å². The lowest BCUT2D eigenvalue weighted by Crippen LogP contribution is -2.26. The Morgan fingerprint density at radius 3 is 2.70 bits per heavy atom. The maximum Gasteiger partial charge on any atom is 0.264 e. The molecule has 0 amide bonds. The van der Waals surface area contributed by atoms with Crippen LogP contribution in [0.5, 0.6) is 0 Å². The highest BCUT2D eigenvalue weighted by atomic mass is 32.2. The lowest BCUT2D eigenvalue weighted by Gasteiger charge is -2.21. The molecule has 3 rings (SSSR count). The van der Waals surface area contributed by atoms with Gasteiger partial charge in [-0.2, -0.15) is 11.3 Å². The Hall–Kier alpha value is -2.56. The van der Waals surface area contributed by atoms with Crippen molar-refractivity contribution in [1.29, 1.82) is 0 Å². The van der Waals surface area contributed by atoms with Crippen LogP contribution in [0.15, 0.2) is 62.7 Å². The molecule has 0 aliphatic rings. The second-order valence-corrected chi connectivity index (χ2v) is 7.47. The van der Waals surface area contributed by atoms with Gasteiger partial charge in [-0.3, -0.25) is 4.31 Å². The van der Waals surface area contributed by atoms with Crippen molar-refractivity contribution in [3.05, 3.63) is 64.8 Å². The van der Waals surface area contributed by atoms with Gasteiger partial charge in [-0.25, -0.2) is 13.3 Å². The molecule has 0 atom stereocenters. The van der Waals surface area contributed by atoms with Gasteiger partial charge in [0.15, 0.2) is 5.69 Å². The molecule has 0 unspecified atom stereocenters. The van der Waals surface area contributed by atoms with E-state index in [2.05, 4.69) is 4.85 Å². The number of hydrogen-bond acceptors (Lipinski definition) is 4. The SMILES string of the molecule is [C-]#[N+]c1ccc(N(C)S(=O)(=O)c2ccsc2)c(-c2ccco2)c1. The maximum atomic E-state index is 12.7. The van der Waals surface area contributed by atoms with Crippen molar-refractivity contribution in [2.24, 2.45) is 0 Å². The maximum absolute atomic E-state index is 12.7. The van der Waals surface area contributed by atoms with Crippen molar-refractivity contribution >= 4 is 32.7 Å². The van der Waals surface area contributed by atoms with Gasteiger partial charge in [0, 0.05) is 18.0 Å². The Balaban J connectivity index is 2.15. The van der Waals surface area contributed by atoms with Crippen LogP contribution >= 0.6 is 11.3 Å². The molecule has 23 heavy (non-hydrogen) atoms. The minimum absolute atomic E-state index is 0.240. The quantitative estimate of drug-likeness (QED) is 0.660. The van der Waals surface area contributed by atoms with E-state index in [9.17, 15) is 8.42 Å². The fourth-order valence-corrected chi connectivity index (χ4v) is 4.41. The summed E-state index contributed by atoms with van der Waals surface area (Å²) in [6.07, 6.45) is 1.51. The molecule has 5 nitrogen and oxygen atoms in total. The van der Waals surface area contributed by atoms with E-state index >= 15 is 0 Å². The number of sulfonamides is 1. The summed E-state index contributed by atoms with van der Waals surface area (Å²) in [6, 6.07) is 9.86. The largest absolute Gasteiger partial charge is 0.464 e. The topological polar surface area (TPSA) is 54.9 Å². The third-order valence-corrected chi connectivity index (χ3v) is 5.99. The summed E-state index contributed by atoms with van der Waals surface area (Å²) in [6.45, 7) is 7.14. The van der Waals surface area contributed by atoms with Gasteiger partial charge < -0.3 is 4.42 Å². The van der Waals surface area contributed by atoms with Crippen LogP contribution in [0.1, 0.15) is 0 Å². The zero-order valence-corrected chi connectivity index (χ0v) is 13.8. The van der Waals surface area contributed by atoms with E-state index in [1.54, 1.807) is 47.2 Å². The molecule has 3 aromatic rings. The smallest absolute Gasteiger partial charge is 0.264 e. The van der Waals surface area contributed by atoms with Crippen molar-refractivity contribution in [2.45, 2.75) is 4.90 Å². The van der Waals surface area contributed by atoms with Crippen molar-refractivity contribution in [2.75, 3.05) is 11.4 Å². The Bertz CT molecular complexity index is 953. The van der Waals surface area contributed by atoms with E-state index in [1.165, 1.54) is 29.0 Å². The lowest BCUT2D eigenvalue weighted by atomic mass is 10.1. The second kappa shape index (κ2) is 5.91. The van der Waals surface area contributed by atoms with Crippen LogP contribution in [0.2, 0.25) is 0 Å².